The minimum Gasteiger partial charge on any atom is -0.494 e. The third kappa shape index (κ3) is 22.8. The highest BCUT2D eigenvalue weighted by Gasteiger charge is 2.53. The summed E-state index contributed by atoms with van der Waals surface area (Å²) in [7, 11) is -1.53. The van der Waals surface area contributed by atoms with Gasteiger partial charge in [0.2, 0.25) is 0 Å². The lowest BCUT2D eigenvalue weighted by molar-refractivity contribution is 0.00578. The van der Waals surface area contributed by atoms with Crippen molar-refractivity contribution in [3.05, 3.63) is 269 Å². The van der Waals surface area contributed by atoms with Gasteiger partial charge in [0.25, 0.3) is 0 Å². The van der Waals surface area contributed by atoms with E-state index in [0.29, 0.717) is 58.5 Å². The Hall–Kier alpha value is -6.62. The molecule has 2 aliphatic rings. The fourth-order valence-electron chi connectivity index (χ4n) is 10.1. The van der Waals surface area contributed by atoms with Gasteiger partial charge in [-0.3, -0.25) is 9.80 Å². The van der Waals surface area contributed by atoms with Crippen LogP contribution in [0.5, 0.6) is 11.5 Å². The van der Waals surface area contributed by atoms with Crippen molar-refractivity contribution in [2.24, 2.45) is 0 Å². The molecule has 0 unspecified atom stereocenters. The molecule has 2 heterocycles. The molecular formula is C73H89B2ClN2O10. The van der Waals surface area contributed by atoms with Crippen LogP contribution in [-0.2, 0) is 67.5 Å². The van der Waals surface area contributed by atoms with Crippen LogP contribution in [0.1, 0.15) is 111 Å². The van der Waals surface area contributed by atoms with Crippen molar-refractivity contribution in [3.8, 4) is 11.5 Å². The maximum atomic E-state index is 11.1. The van der Waals surface area contributed by atoms with E-state index in [9.17, 15) is 10.1 Å². The highest BCUT2D eigenvalue weighted by atomic mass is 35.5. The Balaban J connectivity index is 0.000000207. The number of aliphatic hydroxyl groups is 1. The number of benzene rings is 8. The lowest BCUT2D eigenvalue weighted by Crippen LogP contribution is -2.41. The van der Waals surface area contributed by atoms with Crippen molar-refractivity contribution in [2.75, 3.05) is 39.5 Å². The first-order valence-electron chi connectivity index (χ1n) is 30.6. The molecule has 15 heteroatoms. The first-order valence-corrected chi connectivity index (χ1v) is 30.6. The van der Waals surface area contributed by atoms with Gasteiger partial charge in [0.15, 0.2) is 0 Å². The van der Waals surface area contributed by atoms with Crippen LogP contribution in [0.25, 0.3) is 0 Å². The fourth-order valence-corrected chi connectivity index (χ4v) is 10.1. The molecule has 2 aliphatic heterocycles. The lowest BCUT2D eigenvalue weighted by Gasteiger charge is -2.31. The summed E-state index contributed by atoms with van der Waals surface area (Å²) in [5.41, 5.74) is 9.27. The maximum Gasteiger partial charge on any atom is 0.640 e. The monoisotopic (exact) mass is 1210 g/mol. The Bertz CT molecular complexity index is 3080. The van der Waals surface area contributed by atoms with Gasteiger partial charge in [0, 0.05) is 63.7 Å². The second-order valence-corrected chi connectivity index (χ2v) is 23.3. The summed E-state index contributed by atoms with van der Waals surface area (Å²) in [4.78, 5) is 4.65. The van der Waals surface area contributed by atoms with Gasteiger partial charge < -0.3 is 47.7 Å². The molecule has 2 N–H and O–H groups in total. The van der Waals surface area contributed by atoms with Crippen molar-refractivity contribution in [1.82, 2.24) is 9.80 Å². The molecule has 0 amide bonds. The van der Waals surface area contributed by atoms with Crippen molar-refractivity contribution in [3.63, 3.8) is 0 Å². The van der Waals surface area contributed by atoms with E-state index in [1.807, 2.05) is 145 Å². The second-order valence-electron chi connectivity index (χ2n) is 23.3. The summed E-state index contributed by atoms with van der Waals surface area (Å²) in [6.45, 7) is 19.8. The van der Waals surface area contributed by atoms with E-state index in [4.69, 9.17) is 37.6 Å². The smallest absolute Gasteiger partial charge is 0.494 e. The van der Waals surface area contributed by atoms with E-state index in [1.54, 1.807) is 0 Å². The van der Waals surface area contributed by atoms with Crippen LogP contribution in [0, 0.1) is 0 Å². The Labute approximate surface area is 530 Å². The molecule has 1 fully saturated rings. The highest BCUT2D eigenvalue weighted by Crippen LogP contribution is 2.37. The van der Waals surface area contributed by atoms with Crippen LogP contribution < -0.4 is 14.9 Å². The van der Waals surface area contributed by atoms with Crippen LogP contribution in [0.3, 0.4) is 0 Å². The number of hydrogen-bond donors (Lipinski definition) is 2. The number of hydrogen-bond acceptors (Lipinski definition) is 12. The Morgan fingerprint density at radius 1 is 0.500 bits per heavy atom. The predicted molar refractivity (Wildman–Crippen MR) is 355 cm³/mol. The van der Waals surface area contributed by atoms with Crippen molar-refractivity contribution < 1.29 is 47.7 Å². The summed E-state index contributed by atoms with van der Waals surface area (Å²) in [6.07, 6.45) is 0.829. The van der Waals surface area contributed by atoms with Gasteiger partial charge in [-0.15, -0.1) is 12.4 Å². The molecule has 0 saturated carbocycles. The molecule has 0 aromatic heterocycles. The molecule has 8 aromatic carbocycles. The molecule has 2 atom stereocenters. The van der Waals surface area contributed by atoms with E-state index in [0.717, 1.165) is 66.9 Å². The van der Waals surface area contributed by atoms with E-state index < -0.39 is 20.5 Å². The lowest BCUT2D eigenvalue weighted by atomic mass is 9.78. The zero-order valence-electron chi connectivity index (χ0n) is 52.1. The largest absolute Gasteiger partial charge is 0.640 e. The number of ether oxygens (including phenoxy) is 4. The van der Waals surface area contributed by atoms with Crippen LogP contribution in [0.4, 0.5) is 0 Å². The van der Waals surface area contributed by atoms with Crippen LogP contribution in [0.2, 0.25) is 0 Å². The summed E-state index contributed by atoms with van der Waals surface area (Å²) >= 11 is 0. The zero-order valence-corrected chi connectivity index (χ0v) is 52.9. The SMILES string of the molecule is CC(C)OB1OC(C)(C)C(C)(C)O1.Cl.OB1O[C@H](CN(Cc2ccccc2)Cc2ccccc2)c2cccc(OCCCOCc3ccccc3)c21.O[C@H](CN(Cc1ccccc1)Cc1ccccc1)c1cccc(OCCCOCc2ccccc2)c1. The standard InChI is InChI=1S/C32H34BNO4.C32H35NO3.C9H19BO3.ClH/c35-33-32-29(18-10-19-30(32)37-21-11-20-36-25-28-16-8-3-9-17-28)31(38-33)24-34(22-26-12-4-1-5-13-26)23-27-14-6-2-7-15-27;34-32(25-33(23-27-12-4-1-5-13-27)24-28-14-6-2-7-15-28)30-18-10-19-31(22-30)36-21-11-20-35-26-29-16-8-3-9-17-29;1-7(2)11-10-12-8(3,4)9(5,6)13-10;/h1-10,12-19,31,35H,11,20-25H2;1-10,12-19,22,32,34H,11,20-21,23-26H2;7H,1-6H3;1H/t31-;32-;;/m11../s1. The molecule has 0 radical (unpaired) electrons. The van der Waals surface area contributed by atoms with Gasteiger partial charge in [-0.05, 0) is 104 Å². The minimum absolute atomic E-state index is 0. The summed E-state index contributed by atoms with van der Waals surface area (Å²) in [6, 6.07) is 75.7. The summed E-state index contributed by atoms with van der Waals surface area (Å²) in [5.74, 6) is 1.45. The highest BCUT2D eigenvalue weighted by molar-refractivity contribution is 6.62. The summed E-state index contributed by atoms with van der Waals surface area (Å²) in [5, 5.41) is 22.0. The van der Waals surface area contributed by atoms with Gasteiger partial charge in [-0.25, -0.2) is 0 Å². The molecule has 0 aliphatic carbocycles. The Morgan fingerprint density at radius 3 is 1.38 bits per heavy atom. The van der Waals surface area contributed by atoms with E-state index in [1.165, 1.54) is 27.8 Å². The molecule has 88 heavy (non-hydrogen) atoms. The quantitative estimate of drug-likeness (QED) is 0.0343. The van der Waals surface area contributed by atoms with Crippen molar-refractivity contribution >= 4 is 32.3 Å². The molecule has 0 bridgehead atoms. The Morgan fingerprint density at radius 2 is 0.920 bits per heavy atom. The van der Waals surface area contributed by atoms with Gasteiger partial charge in [0.05, 0.1) is 63.1 Å². The third-order valence-corrected chi connectivity index (χ3v) is 15.3. The average molecular weight is 1210 g/mol. The first-order chi connectivity index (χ1) is 42.3. The van der Waals surface area contributed by atoms with Crippen molar-refractivity contribution in [2.45, 2.75) is 123 Å². The fraction of sp³-hybridized carbons (Fsp3) is 0.342. The molecular weight excluding hydrogens is 1120 g/mol. The number of nitrogens with zero attached hydrogens (tertiary/aromatic N) is 2. The van der Waals surface area contributed by atoms with E-state index in [-0.39, 0.29) is 35.8 Å². The van der Waals surface area contributed by atoms with Crippen LogP contribution in [0.15, 0.2) is 224 Å². The molecule has 464 valence electrons. The normalized spacial score (nSPS) is 15.0. The summed E-state index contributed by atoms with van der Waals surface area (Å²) < 4.78 is 46.3. The average Bonchev–Trinajstić information content (AvgIpc) is 2.92. The van der Waals surface area contributed by atoms with Crippen molar-refractivity contribution in [1.29, 1.82) is 0 Å². The molecule has 10 rings (SSSR count). The van der Waals surface area contributed by atoms with Crippen LogP contribution >= 0.6 is 12.4 Å². The molecule has 12 nitrogen and oxygen atoms in total. The van der Waals surface area contributed by atoms with Gasteiger partial charge >= 0.3 is 14.4 Å². The van der Waals surface area contributed by atoms with Gasteiger partial charge in [0.1, 0.15) is 11.5 Å². The van der Waals surface area contributed by atoms with Gasteiger partial charge in [-0.1, -0.05) is 206 Å². The predicted octanol–water partition coefficient (Wildman–Crippen LogP) is 14.0. The van der Waals surface area contributed by atoms with E-state index >= 15 is 0 Å². The van der Waals surface area contributed by atoms with E-state index in [2.05, 4.69) is 131 Å². The topological polar surface area (TPSA) is 121 Å². The molecule has 1 saturated heterocycles. The number of halogens is 1. The zero-order chi connectivity index (χ0) is 61.1. The molecule has 0 spiro atoms. The third-order valence-electron chi connectivity index (χ3n) is 15.3. The maximum absolute atomic E-state index is 11.1. The first kappa shape index (κ1) is 68.9. The Kier molecular flexibility index (Phi) is 28.3. The molecule has 8 aromatic rings. The van der Waals surface area contributed by atoms with Gasteiger partial charge in [-0.2, -0.15) is 0 Å². The van der Waals surface area contributed by atoms with Crippen LogP contribution in [-0.4, -0.2) is 91.2 Å². The second kappa shape index (κ2) is 36.1. The number of aliphatic hydroxyl groups excluding tert-OH is 1. The number of rotatable bonds is 29. The minimum atomic E-state index is -1.00. The number of fused-ring (bicyclic) bond motifs is 1.